The largest absolute Gasteiger partial charge is 0.487 e. The zero-order valence-corrected chi connectivity index (χ0v) is 25.4. The molecule has 0 saturated carbocycles. The number of benzene rings is 1. The lowest BCUT2D eigenvalue weighted by atomic mass is 9.91. The summed E-state index contributed by atoms with van der Waals surface area (Å²) in [4.78, 5) is 27.2. The lowest BCUT2D eigenvalue weighted by Gasteiger charge is -2.42. The van der Waals surface area contributed by atoms with Crippen molar-refractivity contribution in [2.45, 2.75) is 104 Å². The van der Waals surface area contributed by atoms with E-state index in [1.54, 1.807) is 0 Å². The smallest absolute Gasteiger partial charge is 0.336 e. The quantitative estimate of drug-likeness (QED) is 0.189. The highest BCUT2D eigenvalue weighted by atomic mass is 28.4. The first-order valence-corrected chi connectivity index (χ1v) is 16.7. The summed E-state index contributed by atoms with van der Waals surface area (Å²) in [6.45, 7) is 13.7. The molecule has 0 atom stereocenters. The molecule has 39 heavy (non-hydrogen) atoms. The molecule has 2 N–H and O–H groups in total. The maximum Gasteiger partial charge on any atom is 0.336 e. The van der Waals surface area contributed by atoms with Crippen molar-refractivity contribution in [1.29, 1.82) is 0 Å². The Kier molecular flexibility index (Phi) is 12.4. The minimum Gasteiger partial charge on any atom is -0.487 e. The summed E-state index contributed by atoms with van der Waals surface area (Å²) >= 11 is 0. The number of carbonyl (C=O) groups is 2. The van der Waals surface area contributed by atoms with Crippen LogP contribution in [-0.4, -0.2) is 41.1 Å². The van der Waals surface area contributed by atoms with E-state index >= 15 is 0 Å². The summed E-state index contributed by atoms with van der Waals surface area (Å²) in [5.41, 5.74) is 2.36. The van der Waals surface area contributed by atoms with Crippen LogP contribution < -0.4 is 4.74 Å². The number of carboxylic acid groups (broad SMARTS) is 2. The van der Waals surface area contributed by atoms with Crippen molar-refractivity contribution in [2.24, 2.45) is 0 Å². The van der Waals surface area contributed by atoms with E-state index < -0.39 is 20.3 Å². The number of rotatable bonds is 17. The van der Waals surface area contributed by atoms with Crippen LogP contribution in [0.3, 0.4) is 0 Å². The molecule has 2 aromatic rings. The Bertz CT molecular complexity index is 1110. The van der Waals surface area contributed by atoms with Crippen LogP contribution in [0.15, 0.2) is 42.6 Å². The van der Waals surface area contributed by atoms with Gasteiger partial charge in [0.1, 0.15) is 12.4 Å². The Balaban J connectivity index is 2.09. The van der Waals surface area contributed by atoms with Gasteiger partial charge in [0.25, 0.3) is 0 Å². The van der Waals surface area contributed by atoms with Crippen molar-refractivity contribution >= 4 is 25.8 Å². The number of hydrogen-bond donors (Lipinski definition) is 2. The summed E-state index contributed by atoms with van der Waals surface area (Å²) in [5.74, 6) is -2.34. The third kappa shape index (κ3) is 8.50. The fourth-order valence-electron chi connectivity index (χ4n) is 5.03. The van der Waals surface area contributed by atoms with Gasteiger partial charge in [-0.3, -0.25) is 4.98 Å². The molecule has 0 radical (unpaired) electrons. The van der Waals surface area contributed by atoms with Gasteiger partial charge in [-0.1, -0.05) is 53.7 Å². The standard InChI is InChI=1S/C31H45NO6Si/c1-7-23(14-13-19-31(8-2,9-3)38-39(10-4,11-5)12-6)24-15-16-25(32-21-24)22-37-26-17-18-27(29(33)34)28(20-26)30(35)36/h14-18,20-21H,7-13,19,22H2,1-6H3,(H,33,34)(H,35,36). The molecule has 2 rings (SSSR count). The number of pyridine rings is 1. The predicted molar refractivity (Wildman–Crippen MR) is 158 cm³/mol. The number of hydrogen-bond acceptors (Lipinski definition) is 5. The molecular weight excluding hydrogens is 510 g/mol. The molecule has 0 aliphatic rings. The SMILES string of the molecule is CCC(=CCCC(CC)(CC)O[Si](CC)(CC)CC)c1ccc(COc2ccc(C(=O)O)c(C(=O)O)c2)nc1. The lowest BCUT2D eigenvalue weighted by Crippen LogP contribution is -2.46. The Morgan fingerprint density at radius 3 is 2.05 bits per heavy atom. The average molecular weight is 556 g/mol. The summed E-state index contributed by atoms with van der Waals surface area (Å²) in [6.07, 6.45) is 9.08. The van der Waals surface area contributed by atoms with Crippen molar-refractivity contribution < 1.29 is 29.0 Å². The minimum absolute atomic E-state index is 0.0633. The molecule has 7 nitrogen and oxygen atoms in total. The molecule has 0 unspecified atom stereocenters. The maximum absolute atomic E-state index is 11.4. The van der Waals surface area contributed by atoms with Crippen molar-refractivity contribution in [3.8, 4) is 5.75 Å². The van der Waals surface area contributed by atoms with Crippen LogP contribution in [0.5, 0.6) is 5.75 Å². The second-order valence-electron chi connectivity index (χ2n) is 10.0. The number of allylic oxidation sites excluding steroid dienone is 2. The number of carboxylic acids is 2. The van der Waals surface area contributed by atoms with Gasteiger partial charge in [-0.05, 0) is 85.6 Å². The van der Waals surface area contributed by atoms with E-state index in [2.05, 4.69) is 52.6 Å². The highest BCUT2D eigenvalue weighted by Crippen LogP contribution is 2.35. The van der Waals surface area contributed by atoms with E-state index in [1.807, 2.05) is 18.3 Å². The fraction of sp³-hybridized carbons (Fsp3) is 0.516. The summed E-state index contributed by atoms with van der Waals surface area (Å²) in [6, 6.07) is 11.3. The molecule has 214 valence electrons. The lowest BCUT2D eigenvalue weighted by molar-refractivity contribution is 0.0397. The Hall–Kier alpha value is -2.97. The zero-order valence-electron chi connectivity index (χ0n) is 24.4. The van der Waals surface area contributed by atoms with E-state index in [-0.39, 0.29) is 29.1 Å². The summed E-state index contributed by atoms with van der Waals surface area (Å²) < 4.78 is 12.7. The van der Waals surface area contributed by atoms with Gasteiger partial charge in [0.2, 0.25) is 0 Å². The minimum atomic E-state index is -1.70. The molecular formula is C31H45NO6Si. The second-order valence-corrected chi connectivity index (χ2v) is 14.7. The predicted octanol–water partition coefficient (Wildman–Crippen LogP) is 8.21. The highest BCUT2D eigenvalue weighted by molar-refractivity contribution is 6.73. The first-order chi connectivity index (χ1) is 18.6. The van der Waals surface area contributed by atoms with Crippen molar-refractivity contribution in [3.05, 3.63) is 65.0 Å². The molecule has 0 aliphatic carbocycles. The van der Waals surface area contributed by atoms with Gasteiger partial charge in [0.15, 0.2) is 8.32 Å². The topological polar surface area (TPSA) is 106 Å². The Labute approximate surface area is 234 Å². The first-order valence-electron chi connectivity index (χ1n) is 14.2. The third-order valence-corrected chi connectivity index (χ3v) is 12.8. The van der Waals surface area contributed by atoms with Crippen LogP contribution in [0.25, 0.3) is 5.57 Å². The van der Waals surface area contributed by atoms with Crippen LogP contribution in [0, 0.1) is 0 Å². The molecule has 0 saturated heterocycles. The van der Waals surface area contributed by atoms with E-state index in [0.717, 1.165) is 55.8 Å². The normalized spacial score (nSPS) is 12.4. The second kappa shape index (κ2) is 15.0. The molecule has 1 aromatic heterocycles. The number of ether oxygens (including phenoxy) is 1. The average Bonchev–Trinajstić information content (AvgIpc) is 2.96. The van der Waals surface area contributed by atoms with Gasteiger partial charge in [-0.25, -0.2) is 9.59 Å². The number of aromatic carboxylic acids is 2. The molecule has 1 aromatic carbocycles. The van der Waals surface area contributed by atoms with Gasteiger partial charge >= 0.3 is 11.9 Å². The molecule has 0 amide bonds. The van der Waals surface area contributed by atoms with Crippen LogP contribution >= 0.6 is 0 Å². The molecule has 0 fully saturated rings. The number of nitrogens with zero attached hydrogens (tertiary/aromatic N) is 1. The Morgan fingerprint density at radius 2 is 1.56 bits per heavy atom. The van der Waals surface area contributed by atoms with Crippen LogP contribution in [0.4, 0.5) is 0 Å². The number of aromatic nitrogens is 1. The van der Waals surface area contributed by atoms with Crippen LogP contribution in [0.2, 0.25) is 18.1 Å². The van der Waals surface area contributed by atoms with Crippen molar-refractivity contribution in [3.63, 3.8) is 0 Å². The van der Waals surface area contributed by atoms with Crippen molar-refractivity contribution in [1.82, 2.24) is 4.98 Å². The first kappa shape index (κ1) is 32.2. The van der Waals surface area contributed by atoms with Gasteiger partial charge in [0.05, 0.1) is 22.4 Å². The van der Waals surface area contributed by atoms with Gasteiger partial charge in [-0.2, -0.15) is 0 Å². The van der Waals surface area contributed by atoms with E-state index in [9.17, 15) is 19.8 Å². The van der Waals surface area contributed by atoms with Gasteiger partial charge in [-0.15, -0.1) is 0 Å². The van der Waals surface area contributed by atoms with E-state index in [4.69, 9.17) is 9.16 Å². The van der Waals surface area contributed by atoms with Crippen LogP contribution in [-0.2, 0) is 11.0 Å². The summed E-state index contributed by atoms with van der Waals surface area (Å²) in [5, 5.41) is 18.5. The Morgan fingerprint density at radius 1 is 0.923 bits per heavy atom. The van der Waals surface area contributed by atoms with Crippen molar-refractivity contribution in [2.75, 3.05) is 0 Å². The zero-order chi connectivity index (χ0) is 29.1. The van der Waals surface area contributed by atoms with E-state index in [1.165, 1.54) is 23.8 Å². The third-order valence-electron chi connectivity index (χ3n) is 8.06. The fourth-order valence-corrected chi connectivity index (χ4v) is 8.28. The highest BCUT2D eigenvalue weighted by Gasteiger charge is 2.38. The summed E-state index contributed by atoms with van der Waals surface area (Å²) in [7, 11) is -1.70. The monoisotopic (exact) mass is 555 g/mol. The van der Waals surface area contributed by atoms with Gasteiger partial charge < -0.3 is 19.4 Å². The maximum atomic E-state index is 11.4. The molecule has 1 heterocycles. The molecule has 0 aliphatic heterocycles. The van der Waals surface area contributed by atoms with Crippen LogP contribution in [0.1, 0.15) is 106 Å². The van der Waals surface area contributed by atoms with E-state index in [0.29, 0.717) is 5.69 Å². The van der Waals surface area contributed by atoms with Gasteiger partial charge in [0, 0.05) is 6.20 Å². The molecule has 8 heteroatoms. The molecule has 0 bridgehead atoms. The molecule has 0 spiro atoms.